The number of benzene rings is 1. The molecule has 1 aromatic rings. The van der Waals surface area contributed by atoms with E-state index in [0.29, 0.717) is 0 Å². The van der Waals surface area contributed by atoms with Crippen LogP contribution in [0.25, 0.3) is 0 Å². The number of anilines is 1. The Hall–Kier alpha value is -1.49. The van der Waals surface area contributed by atoms with Crippen LogP contribution in [-0.4, -0.2) is 30.2 Å². The van der Waals surface area contributed by atoms with Gasteiger partial charge in [0.1, 0.15) is 12.1 Å². The molecule has 2 amide bonds. The highest BCUT2D eigenvalue weighted by Crippen LogP contribution is 2.25. The van der Waals surface area contributed by atoms with Crippen molar-refractivity contribution in [1.82, 2.24) is 5.32 Å². The maximum atomic E-state index is 12.2. The van der Waals surface area contributed by atoms with Gasteiger partial charge in [-0.05, 0) is 38.3 Å². The minimum atomic E-state index is -0.467. The van der Waals surface area contributed by atoms with E-state index in [2.05, 4.69) is 5.32 Å². The second-order valence-electron chi connectivity index (χ2n) is 4.32. The Kier molecular flexibility index (Phi) is 3.61. The van der Waals surface area contributed by atoms with E-state index in [-0.39, 0.29) is 11.8 Å². The Morgan fingerprint density at radius 1 is 1.28 bits per heavy atom. The van der Waals surface area contributed by atoms with Gasteiger partial charge >= 0.3 is 0 Å². The summed E-state index contributed by atoms with van der Waals surface area (Å²) < 4.78 is 0. The summed E-state index contributed by atoms with van der Waals surface area (Å²) in [5.41, 5.74) is 0.779. The molecule has 1 N–H and O–H groups in total. The van der Waals surface area contributed by atoms with Gasteiger partial charge < -0.3 is 5.32 Å². The molecular formula is C13H16N2O2S. The standard InChI is InChI=1S/C13H16N2O2S/c1-8-13(17)15(9(2)12(16)14-8)10-5-4-6-11(7-10)18-3/h4-9H,1-3H3,(H,14,16). The fourth-order valence-corrected chi connectivity index (χ4v) is 2.48. The first-order valence-corrected chi connectivity index (χ1v) is 7.04. The van der Waals surface area contributed by atoms with Crippen LogP contribution in [-0.2, 0) is 9.59 Å². The number of nitrogens with one attached hydrogen (secondary N) is 1. The number of rotatable bonds is 2. The van der Waals surface area contributed by atoms with Gasteiger partial charge in [0.15, 0.2) is 0 Å². The topological polar surface area (TPSA) is 49.4 Å². The van der Waals surface area contributed by atoms with Crippen LogP contribution in [0.3, 0.4) is 0 Å². The first-order valence-electron chi connectivity index (χ1n) is 5.82. The number of carbonyl (C=O) groups is 2. The summed E-state index contributed by atoms with van der Waals surface area (Å²) >= 11 is 1.61. The van der Waals surface area contributed by atoms with Crippen molar-refractivity contribution < 1.29 is 9.59 Å². The van der Waals surface area contributed by atoms with Crippen molar-refractivity contribution in [2.24, 2.45) is 0 Å². The van der Waals surface area contributed by atoms with Crippen molar-refractivity contribution in [2.75, 3.05) is 11.2 Å². The molecule has 2 rings (SSSR count). The van der Waals surface area contributed by atoms with Gasteiger partial charge in [-0.1, -0.05) is 6.07 Å². The SMILES string of the molecule is CSc1cccc(N2C(=O)C(C)NC(=O)C2C)c1. The molecule has 0 aliphatic carbocycles. The number of hydrogen-bond acceptors (Lipinski definition) is 3. The molecule has 0 saturated carbocycles. The molecule has 1 aliphatic rings. The van der Waals surface area contributed by atoms with Crippen molar-refractivity contribution in [2.45, 2.75) is 30.8 Å². The molecule has 0 bridgehead atoms. The summed E-state index contributed by atoms with van der Waals surface area (Å²) in [5, 5.41) is 2.67. The van der Waals surface area contributed by atoms with Crippen LogP contribution in [0.15, 0.2) is 29.2 Å². The minimum Gasteiger partial charge on any atom is -0.343 e. The number of carbonyl (C=O) groups excluding carboxylic acids is 2. The van der Waals surface area contributed by atoms with Crippen LogP contribution >= 0.6 is 11.8 Å². The monoisotopic (exact) mass is 264 g/mol. The lowest BCUT2D eigenvalue weighted by Gasteiger charge is -2.36. The second-order valence-corrected chi connectivity index (χ2v) is 5.20. The van der Waals surface area contributed by atoms with Gasteiger partial charge in [0.25, 0.3) is 0 Å². The van der Waals surface area contributed by atoms with Gasteiger partial charge in [-0.25, -0.2) is 0 Å². The first-order chi connectivity index (χ1) is 8.54. The van der Waals surface area contributed by atoms with E-state index in [1.54, 1.807) is 30.5 Å². The summed E-state index contributed by atoms with van der Waals surface area (Å²) in [6.45, 7) is 3.45. The van der Waals surface area contributed by atoms with Crippen molar-refractivity contribution in [3.05, 3.63) is 24.3 Å². The average Bonchev–Trinajstić information content (AvgIpc) is 2.37. The van der Waals surface area contributed by atoms with Crippen LogP contribution in [0.1, 0.15) is 13.8 Å². The molecule has 2 atom stereocenters. The molecule has 1 fully saturated rings. The van der Waals surface area contributed by atoms with E-state index in [1.807, 2.05) is 30.5 Å². The highest BCUT2D eigenvalue weighted by Gasteiger charge is 2.36. The van der Waals surface area contributed by atoms with Crippen molar-refractivity contribution in [1.29, 1.82) is 0 Å². The van der Waals surface area contributed by atoms with E-state index in [4.69, 9.17) is 0 Å². The Morgan fingerprint density at radius 3 is 2.67 bits per heavy atom. The largest absolute Gasteiger partial charge is 0.343 e. The average molecular weight is 264 g/mol. The third-order valence-corrected chi connectivity index (χ3v) is 3.79. The Bertz CT molecular complexity index is 490. The zero-order valence-electron chi connectivity index (χ0n) is 10.6. The first kappa shape index (κ1) is 13.0. The van der Waals surface area contributed by atoms with Crippen LogP contribution in [0.5, 0.6) is 0 Å². The molecule has 2 unspecified atom stereocenters. The van der Waals surface area contributed by atoms with E-state index >= 15 is 0 Å². The number of nitrogens with zero attached hydrogens (tertiary/aromatic N) is 1. The third kappa shape index (κ3) is 2.22. The molecule has 1 aliphatic heterocycles. The molecule has 96 valence electrons. The third-order valence-electron chi connectivity index (χ3n) is 3.06. The van der Waals surface area contributed by atoms with E-state index in [9.17, 15) is 9.59 Å². The molecule has 0 radical (unpaired) electrons. The normalized spacial score (nSPS) is 24.1. The van der Waals surface area contributed by atoms with Gasteiger partial charge in [-0.2, -0.15) is 0 Å². The highest BCUT2D eigenvalue weighted by molar-refractivity contribution is 7.98. The van der Waals surface area contributed by atoms with E-state index in [0.717, 1.165) is 10.6 Å². The summed E-state index contributed by atoms with van der Waals surface area (Å²) in [6, 6.07) is 6.75. The summed E-state index contributed by atoms with van der Waals surface area (Å²) in [5.74, 6) is -0.183. The predicted octanol–water partition coefficient (Wildman–Crippen LogP) is 1.65. The minimum absolute atomic E-state index is 0.0691. The van der Waals surface area contributed by atoms with Gasteiger partial charge in [0, 0.05) is 10.6 Å². The highest BCUT2D eigenvalue weighted by atomic mass is 32.2. The van der Waals surface area contributed by atoms with E-state index < -0.39 is 12.1 Å². The molecule has 0 aromatic heterocycles. The zero-order chi connectivity index (χ0) is 13.3. The summed E-state index contributed by atoms with van der Waals surface area (Å²) in [6.07, 6.45) is 1.98. The Balaban J connectivity index is 2.39. The molecule has 0 spiro atoms. The fraction of sp³-hybridized carbons (Fsp3) is 0.385. The van der Waals surface area contributed by atoms with E-state index in [1.165, 1.54) is 0 Å². The number of piperazine rings is 1. The fourth-order valence-electron chi connectivity index (χ4n) is 2.02. The second kappa shape index (κ2) is 5.02. The number of amides is 2. The van der Waals surface area contributed by atoms with Gasteiger partial charge in [-0.15, -0.1) is 11.8 Å². The van der Waals surface area contributed by atoms with Crippen molar-refractivity contribution >= 4 is 29.3 Å². The molecular weight excluding hydrogens is 248 g/mol. The van der Waals surface area contributed by atoms with Crippen LogP contribution < -0.4 is 10.2 Å². The molecule has 1 heterocycles. The van der Waals surface area contributed by atoms with Crippen LogP contribution in [0.2, 0.25) is 0 Å². The predicted molar refractivity (Wildman–Crippen MR) is 72.8 cm³/mol. The van der Waals surface area contributed by atoms with Crippen LogP contribution in [0.4, 0.5) is 5.69 Å². The van der Waals surface area contributed by atoms with Gasteiger partial charge in [-0.3, -0.25) is 14.5 Å². The maximum absolute atomic E-state index is 12.2. The number of thioether (sulfide) groups is 1. The number of hydrogen-bond donors (Lipinski definition) is 1. The molecule has 4 nitrogen and oxygen atoms in total. The smallest absolute Gasteiger partial charge is 0.250 e. The van der Waals surface area contributed by atoms with Crippen molar-refractivity contribution in [3.8, 4) is 0 Å². The molecule has 18 heavy (non-hydrogen) atoms. The maximum Gasteiger partial charge on any atom is 0.250 e. The Morgan fingerprint density at radius 2 is 2.00 bits per heavy atom. The molecule has 1 aromatic carbocycles. The summed E-state index contributed by atoms with van der Waals surface area (Å²) in [4.78, 5) is 26.6. The Labute approximate surface area is 111 Å². The van der Waals surface area contributed by atoms with Gasteiger partial charge in [0.05, 0.1) is 0 Å². The summed E-state index contributed by atoms with van der Waals surface area (Å²) in [7, 11) is 0. The molecule has 1 saturated heterocycles. The lowest BCUT2D eigenvalue weighted by Crippen LogP contribution is -2.61. The zero-order valence-corrected chi connectivity index (χ0v) is 11.5. The van der Waals surface area contributed by atoms with Crippen LogP contribution in [0, 0.1) is 0 Å². The van der Waals surface area contributed by atoms with Crippen molar-refractivity contribution in [3.63, 3.8) is 0 Å². The van der Waals surface area contributed by atoms with Gasteiger partial charge in [0.2, 0.25) is 11.8 Å². The molecule has 5 heteroatoms. The quantitative estimate of drug-likeness (QED) is 0.826. The lowest BCUT2D eigenvalue weighted by molar-refractivity contribution is -0.133. The lowest BCUT2D eigenvalue weighted by atomic mass is 10.1.